The lowest BCUT2D eigenvalue weighted by Crippen LogP contribution is -2.23. The zero-order chi connectivity index (χ0) is 22.4. The number of anilines is 1. The number of ether oxygens (including phenoxy) is 2. The van der Waals surface area contributed by atoms with Crippen molar-refractivity contribution in [1.82, 2.24) is 5.32 Å². The topological polar surface area (TPSA) is 93.7 Å². The van der Waals surface area contributed by atoms with E-state index in [1.807, 2.05) is 18.2 Å². The molecule has 0 atom stereocenters. The minimum absolute atomic E-state index is 0.0105. The molecule has 0 saturated carbocycles. The summed E-state index contributed by atoms with van der Waals surface area (Å²) in [5.74, 6) is 0.549. The summed E-state index contributed by atoms with van der Waals surface area (Å²) in [6.07, 6.45) is 0. The van der Waals surface area contributed by atoms with Gasteiger partial charge >= 0.3 is 0 Å². The zero-order valence-electron chi connectivity index (χ0n) is 16.9. The van der Waals surface area contributed by atoms with Crippen LogP contribution in [0.5, 0.6) is 11.5 Å². The molecule has 0 aromatic heterocycles. The molecular weight excluding hydrogens is 440 g/mol. The van der Waals surface area contributed by atoms with Crippen LogP contribution in [0.2, 0.25) is 5.02 Å². The number of para-hydroxylation sites is 3. The monoisotopic (exact) mass is 460 g/mol. The number of amides is 1. The number of sulfonamides is 1. The summed E-state index contributed by atoms with van der Waals surface area (Å²) in [6.45, 7) is 0.215. The number of nitrogens with one attached hydrogen (secondary N) is 2. The molecule has 7 nitrogen and oxygen atoms in total. The number of hydrogen-bond acceptors (Lipinski definition) is 5. The highest BCUT2D eigenvalue weighted by Gasteiger charge is 2.22. The van der Waals surface area contributed by atoms with Gasteiger partial charge in [0.15, 0.2) is 0 Å². The number of halogens is 1. The lowest BCUT2D eigenvalue weighted by atomic mass is 10.1. The van der Waals surface area contributed by atoms with Crippen LogP contribution in [0.3, 0.4) is 0 Å². The van der Waals surface area contributed by atoms with Gasteiger partial charge in [-0.05, 0) is 36.4 Å². The molecule has 0 fully saturated rings. The molecule has 3 aromatic carbocycles. The number of rotatable bonds is 8. The van der Waals surface area contributed by atoms with E-state index in [1.54, 1.807) is 37.4 Å². The van der Waals surface area contributed by atoms with Crippen LogP contribution in [0.25, 0.3) is 0 Å². The van der Waals surface area contributed by atoms with E-state index in [4.69, 9.17) is 21.1 Å². The smallest absolute Gasteiger partial charge is 0.263 e. The van der Waals surface area contributed by atoms with Crippen LogP contribution in [-0.4, -0.2) is 28.5 Å². The quantitative estimate of drug-likeness (QED) is 0.528. The van der Waals surface area contributed by atoms with E-state index in [9.17, 15) is 13.2 Å². The normalized spacial score (nSPS) is 10.9. The minimum Gasteiger partial charge on any atom is -0.496 e. The van der Waals surface area contributed by atoms with E-state index in [0.717, 1.165) is 5.56 Å². The van der Waals surface area contributed by atoms with E-state index >= 15 is 0 Å². The third-order valence-corrected chi connectivity index (χ3v) is 6.31. The maximum Gasteiger partial charge on any atom is 0.263 e. The van der Waals surface area contributed by atoms with Gasteiger partial charge in [-0.1, -0.05) is 41.9 Å². The van der Waals surface area contributed by atoms with E-state index in [2.05, 4.69) is 10.0 Å². The largest absolute Gasteiger partial charge is 0.496 e. The third kappa shape index (κ3) is 5.28. The Morgan fingerprint density at radius 3 is 2.29 bits per heavy atom. The van der Waals surface area contributed by atoms with Crippen molar-refractivity contribution >= 4 is 33.2 Å². The summed E-state index contributed by atoms with van der Waals surface area (Å²) in [4.78, 5) is 12.4. The van der Waals surface area contributed by atoms with Crippen LogP contribution in [0.1, 0.15) is 15.9 Å². The van der Waals surface area contributed by atoms with E-state index in [-0.39, 0.29) is 27.7 Å². The van der Waals surface area contributed by atoms with Crippen LogP contribution >= 0.6 is 11.6 Å². The van der Waals surface area contributed by atoms with Crippen LogP contribution in [-0.2, 0) is 16.6 Å². The van der Waals surface area contributed by atoms with Crippen molar-refractivity contribution in [1.29, 1.82) is 0 Å². The van der Waals surface area contributed by atoms with Gasteiger partial charge in [0.05, 0.1) is 24.9 Å². The van der Waals surface area contributed by atoms with Gasteiger partial charge in [0.1, 0.15) is 16.4 Å². The number of carbonyl (C=O) groups is 1. The summed E-state index contributed by atoms with van der Waals surface area (Å²) in [7, 11) is -1.09. The zero-order valence-corrected chi connectivity index (χ0v) is 18.5. The number of benzene rings is 3. The Morgan fingerprint density at radius 1 is 0.935 bits per heavy atom. The molecule has 0 saturated heterocycles. The predicted octanol–water partition coefficient (Wildman–Crippen LogP) is 4.09. The fourth-order valence-electron chi connectivity index (χ4n) is 2.91. The maximum absolute atomic E-state index is 12.9. The fourth-order valence-corrected chi connectivity index (χ4v) is 4.50. The van der Waals surface area contributed by atoms with Gasteiger partial charge in [0.25, 0.3) is 15.9 Å². The molecule has 3 rings (SSSR count). The first-order chi connectivity index (χ1) is 14.9. The Kier molecular flexibility index (Phi) is 7.04. The minimum atomic E-state index is -4.07. The van der Waals surface area contributed by atoms with Crippen molar-refractivity contribution in [3.63, 3.8) is 0 Å². The average molecular weight is 461 g/mol. The summed E-state index contributed by atoms with van der Waals surface area (Å²) in [5.41, 5.74) is 1.20. The Labute approximate surface area is 186 Å². The molecule has 0 aliphatic rings. The highest BCUT2D eigenvalue weighted by Crippen LogP contribution is 2.29. The van der Waals surface area contributed by atoms with E-state index < -0.39 is 15.9 Å². The molecule has 0 heterocycles. The van der Waals surface area contributed by atoms with Crippen LogP contribution < -0.4 is 19.5 Å². The molecular formula is C22H21ClN2O5S. The van der Waals surface area contributed by atoms with Gasteiger partial charge in [-0.2, -0.15) is 0 Å². The number of carbonyl (C=O) groups excluding carboxylic acids is 1. The first kappa shape index (κ1) is 22.5. The molecule has 0 unspecified atom stereocenters. The first-order valence-corrected chi connectivity index (χ1v) is 11.1. The highest BCUT2D eigenvalue weighted by atomic mass is 35.5. The lowest BCUT2D eigenvalue weighted by Gasteiger charge is -2.14. The number of hydrogen-bond donors (Lipinski definition) is 2. The molecule has 162 valence electrons. The predicted molar refractivity (Wildman–Crippen MR) is 119 cm³/mol. The summed E-state index contributed by atoms with van der Waals surface area (Å²) in [6, 6.07) is 17.9. The lowest BCUT2D eigenvalue weighted by molar-refractivity contribution is 0.0950. The van der Waals surface area contributed by atoms with Crippen LogP contribution in [0, 0.1) is 0 Å². The summed E-state index contributed by atoms with van der Waals surface area (Å²) in [5, 5.41) is 2.75. The standard InChI is InChI=1S/C22H21ClN2O5S/c1-29-19-9-5-3-7-16(19)14-24-22(26)15-11-12-17(23)21(13-15)31(27,28)25-18-8-4-6-10-20(18)30-2/h3-13,25H,14H2,1-2H3,(H,24,26). The fraction of sp³-hybridized carbons (Fsp3) is 0.136. The Balaban J connectivity index is 1.83. The van der Waals surface area contributed by atoms with Crippen molar-refractivity contribution in [3.8, 4) is 11.5 Å². The van der Waals surface area contributed by atoms with Crippen LogP contribution in [0.4, 0.5) is 5.69 Å². The van der Waals surface area contributed by atoms with Crippen molar-refractivity contribution < 1.29 is 22.7 Å². The van der Waals surface area contributed by atoms with Gasteiger partial charge in [0, 0.05) is 17.7 Å². The van der Waals surface area contributed by atoms with Crippen molar-refractivity contribution in [3.05, 3.63) is 82.9 Å². The van der Waals surface area contributed by atoms with E-state index in [1.165, 1.54) is 25.3 Å². The average Bonchev–Trinajstić information content (AvgIpc) is 2.78. The molecule has 1 amide bonds. The van der Waals surface area contributed by atoms with Gasteiger partial charge in [-0.15, -0.1) is 0 Å². The molecule has 0 aliphatic heterocycles. The van der Waals surface area contributed by atoms with Crippen LogP contribution in [0.15, 0.2) is 71.6 Å². The number of methoxy groups -OCH3 is 2. The molecule has 9 heteroatoms. The molecule has 3 aromatic rings. The Morgan fingerprint density at radius 2 is 1.58 bits per heavy atom. The van der Waals surface area contributed by atoms with Crippen molar-refractivity contribution in [2.75, 3.05) is 18.9 Å². The van der Waals surface area contributed by atoms with Gasteiger partial charge in [-0.3, -0.25) is 9.52 Å². The molecule has 2 N–H and O–H groups in total. The third-order valence-electron chi connectivity index (χ3n) is 4.47. The second-order valence-electron chi connectivity index (χ2n) is 6.45. The second-order valence-corrected chi connectivity index (χ2v) is 8.50. The highest BCUT2D eigenvalue weighted by molar-refractivity contribution is 7.92. The summed E-state index contributed by atoms with van der Waals surface area (Å²) < 4.78 is 38.8. The SMILES string of the molecule is COc1ccccc1CNC(=O)c1ccc(Cl)c(S(=O)(=O)Nc2ccccc2OC)c1. The van der Waals surface area contributed by atoms with E-state index in [0.29, 0.717) is 11.5 Å². The molecule has 0 aliphatic carbocycles. The summed E-state index contributed by atoms with van der Waals surface area (Å²) >= 11 is 6.14. The Bertz CT molecular complexity index is 1200. The van der Waals surface area contributed by atoms with Gasteiger partial charge < -0.3 is 14.8 Å². The molecule has 31 heavy (non-hydrogen) atoms. The molecule has 0 bridgehead atoms. The maximum atomic E-state index is 12.9. The molecule has 0 spiro atoms. The van der Waals surface area contributed by atoms with Gasteiger partial charge in [0.2, 0.25) is 0 Å². The van der Waals surface area contributed by atoms with Crippen molar-refractivity contribution in [2.24, 2.45) is 0 Å². The van der Waals surface area contributed by atoms with Gasteiger partial charge in [-0.25, -0.2) is 8.42 Å². The molecule has 0 radical (unpaired) electrons. The second kappa shape index (κ2) is 9.72. The Hall–Kier alpha value is -3.23. The first-order valence-electron chi connectivity index (χ1n) is 9.21. The van der Waals surface area contributed by atoms with Crippen molar-refractivity contribution in [2.45, 2.75) is 11.4 Å².